The Balaban J connectivity index is 1.51. The summed E-state index contributed by atoms with van der Waals surface area (Å²) in [5.74, 6) is -0.107. The smallest absolute Gasteiger partial charge is 0.335 e. The fraction of sp³-hybridized carbons (Fsp3) is 0.321. The number of carboxylic acids is 1. The van der Waals surface area contributed by atoms with Crippen LogP contribution in [0.2, 0.25) is 0 Å². The molecule has 186 valence electrons. The monoisotopic (exact) mass is 599 g/mol. The fourth-order valence-corrected chi connectivity index (χ4v) is 6.04. The van der Waals surface area contributed by atoms with E-state index < -0.39 is 11.9 Å². The van der Waals surface area contributed by atoms with E-state index in [0.717, 1.165) is 51.8 Å². The number of benzene rings is 2. The van der Waals surface area contributed by atoms with Gasteiger partial charge in [-0.05, 0) is 83.7 Å². The van der Waals surface area contributed by atoms with Gasteiger partial charge in [0, 0.05) is 41.3 Å². The Labute approximate surface area is 222 Å². The molecule has 0 unspecified atom stereocenters. The summed E-state index contributed by atoms with van der Waals surface area (Å²) in [6.45, 7) is 0.237. The van der Waals surface area contributed by atoms with Crippen LogP contribution in [0.3, 0.4) is 0 Å². The first kappa shape index (κ1) is 24.5. The van der Waals surface area contributed by atoms with Crippen LogP contribution < -0.4 is 14.8 Å². The number of hydrogen-bond donors (Lipinski definition) is 2. The van der Waals surface area contributed by atoms with Crippen molar-refractivity contribution in [2.75, 3.05) is 7.11 Å². The molecule has 0 saturated carbocycles. The maximum Gasteiger partial charge on any atom is 0.335 e. The van der Waals surface area contributed by atoms with Crippen LogP contribution in [0, 0.1) is 3.57 Å². The molecular weight excluding hydrogens is 573 g/mol. The molecule has 2 N–H and O–H groups in total. The summed E-state index contributed by atoms with van der Waals surface area (Å²) in [5, 5.41) is 12.5. The van der Waals surface area contributed by atoms with E-state index in [4.69, 9.17) is 14.6 Å². The number of ketones is 2. The first-order chi connectivity index (χ1) is 17.4. The first-order valence-electron chi connectivity index (χ1n) is 12.0. The number of nitrogens with one attached hydrogen (secondary N) is 1. The van der Waals surface area contributed by atoms with Gasteiger partial charge < -0.3 is 19.9 Å². The number of methoxy groups -OCH3 is 1. The number of Topliss-reactive ketones (excluding diaryl/α,β-unsaturated/α-hetero) is 2. The van der Waals surface area contributed by atoms with Gasteiger partial charge in [0.15, 0.2) is 23.1 Å². The van der Waals surface area contributed by atoms with Crippen LogP contribution in [0.4, 0.5) is 0 Å². The Kier molecular flexibility index (Phi) is 6.87. The van der Waals surface area contributed by atoms with E-state index in [1.54, 1.807) is 31.4 Å². The van der Waals surface area contributed by atoms with Crippen molar-refractivity contribution in [3.05, 3.63) is 79.2 Å². The Morgan fingerprint density at radius 2 is 1.61 bits per heavy atom. The van der Waals surface area contributed by atoms with Gasteiger partial charge in [0.2, 0.25) is 0 Å². The predicted molar refractivity (Wildman–Crippen MR) is 141 cm³/mol. The molecule has 1 aliphatic heterocycles. The second-order valence-electron chi connectivity index (χ2n) is 9.22. The van der Waals surface area contributed by atoms with E-state index in [0.29, 0.717) is 35.5 Å². The molecule has 36 heavy (non-hydrogen) atoms. The van der Waals surface area contributed by atoms with Crippen molar-refractivity contribution in [3.63, 3.8) is 0 Å². The summed E-state index contributed by atoms with van der Waals surface area (Å²) in [7, 11) is 1.57. The predicted octanol–water partition coefficient (Wildman–Crippen LogP) is 5.28. The average molecular weight is 599 g/mol. The quantitative estimate of drug-likeness (QED) is 0.436. The number of dihydropyridines is 1. The van der Waals surface area contributed by atoms with Crippen LogP contribution in [0.25, 0.3) is 0 Å². The SMILES string of the molecule is COc1cc(C2C3=C(CCCC3=O)NC3=C2C(=O)CCC3)cc(I)c1OCc1ccc(C(=O)O)cc1. The van der Waals surface area contributed by atoms with Gasteiger partial charge in [0.05, 0.1) is 16.2 Å². The van der Waals surface area contributed by atoms with Crippen LogP contribution >= 0.6 is 22.6 Å². The van der Waals surface area contributed by atoms with Crippen LogP contribution in [0.15, 0.2) is 58.9 Å². The molecule has 0 radical (unpaired) electrons. The number of halogens is 1. The number of aromatic carboxylic acids is 1. The van der Waals surface area contributed by atoms with E-state index in [9.17, 15) is 14.4 Å². The van der Waals surface area contributed by atoms with E-state index in [1.165, 1.54) is 0 Å². The molecule has 1 heterocycles. The molecule has 2 aromatic carbocycles. The molecule has 0 atom stereocenters. The van der Waals surface area contributed by atoms with Crippen molar-refractivity contribution >= 4 is 40.1 Å². The van der Waals surface area contributed by atoms with E-state index in [-0.39, 0.29) is 23.7 Å². The van der Waals surface area contributed by atoms with Gasteiger partial charge in [0.1, 0.15) is 6.61 Å². The van der Waals surface area contributed by atoms with Gasteiger partial charge in [-0.15, -0.1) is 0 Å². The minimum absolute atomic E-state index is 0.0952. The maximum atomic E-state index is 13.1. The molecule has 2 aliphatic carbocycles. The van der Waals surface area contributed by atoms with Gasteiger partial charge in [-0.3, -0.25) is 9.59 Å². The number of allylic oxidation sites excluding steroid dienone is 4. The lowest BCUT2D eigenvalue weighted by Gasteiger charge is -2.37. The summed E-state index contributed by atoms with van der Waals surface area (Å²) in [4.78, 5) is 37.3. The minimum atomic E-state index is -0.975. The van der Waals surface area contributed by atoms with Crippen molar-refractivity contribution in [2.45, 2.75) is 51.0 Å². The van der Waals surface area contributed by atoms with Crippen molar-refractivity contribution in [1.29, 1.82) is 0 Å². The lowest BCUT2D eigenvalue weighted by molar-refractivity contribution is -0.117. The highest BCUT2D eigenvalue weighted by atomic mass is 127. The van der Waals surface area contributed by atoms with Crippen LogP contribution in [0.5, 0.6) is 11.5 Å². The van der Waals surface area contributed by atoms with Crippen LogP contribution in [-0.4, -0.2) is 29.8 Å². The third kappa shape index (κ3) is 4.54. The number of ether oxygens (including phenoxy) is 2. The lowest BCUT2D eigenvalue weighted by Crippen LogP contribution is -2.36. The second kappa shape index (κ2) is 10.1. The van der Waals surface area contributed by atoms with Crippen LogP contribution in [-0.2, 0) is 16.2 Å². The number of carbonyl (C=O) groups excluding carboxylic acids is 2. The van der Waals surface area contributed by atoms with Gasteiger partial charge in [-0.2, -0.15) is 0 Å². The lowest BCUT2D eigenvalue weighted by atomic mass is 9.71. The van der Waals surface area contributed by atoms with Crippen molar-refractivity contribution in [3.8, 4) is 11.5 Å². The normalized spacial score (nSPS) is 17.9. The molecule has 0 amide bonds. The molecular formula is C28H26INO6. The number of carbonyl (C=O) groups is 3. The Bertz CT molecular complexity index is 1280. The number of rotatable bonds is 6. The van der Waals surface area contributed by atoms with Gasteiger partial charge >= 0.3 is 5.97 Å². The molecule has 5 rings (SSSR count). The van der Waals surface area contributed by atoms with Crippen molar-refractivity contribution in [1.82, 2.24) is 5.32 Å². The summed E-state index contributed by atoms with van der Waals surface area (Å²) >= 11 is 2.19. The van der Waals surface area contributed by atoms with Crippen LogP contribution in [0.1, 0.15) is 65.9 Å². The molecule has 2 aromatic rings. The van der Waals surface area contributed by atoms with Gasteiger partial charge in [0.25, 0.3) is 0 Å². The number of hydrogen-bond acceptors (Lipinski definition) is 6. The molecule has 0 bridgehead atoms. The molecule has 3 aliphatic rings. The summed E-state index contributed by atoms with van der Waals surface area (Å²) in [6, 6.07) is 10.4. The number of carboxylic acid groups (broad SMARTS) is 1. The van der Waals surface area contributed by atoms with Gasteiger partial charge in [-0.25, -0.2) is 4.79 Å². The Hall–Kier alpha value is -3.14. The van der Waals surface area contributed by atoms with E-state index in [2.05, 4.69) is 27.9 Å². The summed E-state index contributed by atoms with van der Waals surface area (Å²) < 4.78 is 12.6. The average Bonchev–Trinajstić information content (AvgIpc) is 2.87. The Morgan fingerprint density at radius 1 is 1.00 bits per heavy atom. The standard InChI is InChI=1S/C28H26INO6/c1-35-23-13-17(12-18(29)27(23)36-14-15-8-10-16(11-9-15)28(33)34)24-25-19(4-2-6-21(25)31)30-20-5-3-7-22(32)26(20)24/h8-13,24,30H,2-7,14H2,1H3,(H,33,34). The van der Waals surface area contributed by atoms with Gasteiger partial charge in [-0.1, -0.05) is 12.1 Å². The third-order valence-corrected chi connectivity index (χ3v) is 7.76. The topological polar surface area (TPSA) is 102 Å². The van der Waals surface area contributed by atoms with E-state index >= 15 is 0 Å². The first-order valence-corrected chi connectivity index (χ1v) is 13.1. The van der Waals surface area contributed by atoms with Crippen molar-refractivity contribution in [2.24, 2.45) is 0 Å². The molecule has 0 fully saturated rings. The van der Waals surface area contributed by atoms with E-state index in [1.807, 2.05) is 12.1 Å². The fourth-order valence-electron chi connectivity index (χ4n) is 5.26. The Morgan fingerprint density at radius 3 is 2.17 bits per heavy atom. The highest BCUT2D eigenvalue weighted by molar-refractivity contribution is 14.1. The van der Waals surface area contributed by atoms with Crippen molar-refractivity contribution < 1.29 is 29.0 Å². The summed E-state index contributed by atoms with van der Waals surface area (Å²) in [6.07, 6.45) is 4.22. The zero-order chi connectivity index (χ0) is 25.4. The highest BCUT2D eigenvalue weighted by Gasteiger charge is 2.40. The highest BCUT2D eigenvalue weighted by Crippen LogP contribution is 2.47. The second-order valence-corrected chi connectivity index (χ2v) is 10.4. The maximum absolute atomic E-state index is 13.1. The zero-order valence-corrected chi connectivity index (χ0v) is 22.0. The zero-order valence-electron chi connectivity index (χ0n) is 19.9. The molecule has 8 heteroatoms. The molecule has 0 spiro atoms. The minimum Gasteiger partial charge on any atom is -0.493 e. The molecule has 7 nitrogen and oxygen atoms in total. The largest absolute Gasteiger partial charge is 0.493 e. The summed E-state index contributed by atoms with van der Waals surface area (Å²) in [5.41, 5.74) is 5.20. The third-order valence-electron chi connectivity index (χ3n) is 6.96. The molecule has 0 saturated heterocycles. The molecule has 0 aromatic heterocycles.